The molecule has 0 aliphatic heterocycles. The summed E-state index contributed by atoms with van der Waals surface area (Å²) in [6, 6.07) is 9.53. The van der Waals surface area contributed by atoms with E-state index in [0.29, 0.717) is 16.5 Å². The van der Waals surface area contributed by atoms with E-state index in [9.17, 15) is 4.79 Å². The SMILES string of the molecule is CCc1cccc(C)c1NC(=O)C=Cc1cc(Cl)c(OC(C)C)c(OC)c1. The molecular formula is C22H26ClNO3. The predicted octanol–water partition coefficient (Wildman–Crippen LogP) is 5.66. The van der Waals surface area contributed by atoms with Crippen molar-refractivity contribution in [2.75, 3.05) is 12.4 Å². The summed E-state index contributed by atoms with van der Waals surface area (Å²) in [4.78, 5) is 12.4. The molecule has 0 aromatic heterocycles. The van der Waals surface area contributed by atoms with Crippen LogP contribution in [0.1, 0.15) is 37.5 Å². The molecule has 0 fully saturated rings. The first-order valence-electron chi connectivity index (χ1n) is 8.97. The standard InChI is InChI=1S/C22H26ClNO3/c1-6-17-9-7-8-15(4)21(17)24-20(25)11-10-16-12-18(23)22(27-14(2)3)19(13-16)26-5/h7-14H,6H2,1-5H3,(H,24,25). The average molecular weight is 388 g/mol. The van der Waals surface area contributed by atoms with Crippen LogP contribution in [0.15, 0.2) is 36.4 Å². The smallest absolute Gasteiger partial charge is 0.248 e. The second kappa shape index (κ2) is 9.47. The molecule has 0 atom stereocenters. The molecule has 0 bridgehead atoms. The van der Waals surface area contributed by atoms with Gasteiger partial charge in [0.15, 0.2) is 11.5 Å². The molecule has 2 aromatic rings. The van der Waals surface area contributed by atoms with Gasteiger partial charge in [-0.05, 0) is 62.1 Å². The van der Waals surface area contributed by atoms with Gasteiger partial charge in [0.2, 0.25) is 5.91 Å². The number of para-hydroxylation sites is 1. The summed E-state index contributed by atoms with van der Waals surface area (Å²) in [5.74, 6) is 0.836. The fourth-order valence-electron chi connectivity index (χ4n) is 2.72. The van der Waals surface area contributed by atoms with Crippen LogP contribution < -0.4 is 14.8 Å². The summed E-state index contributed by atoms with van der Waals surface area (Å²) in [6.45, 7) is 7.89. The Morgan fingerprint density at radius 2 is 2.04 bits per heavy atom. The number of ether oxygens (including phenoxy) is 2. The molecule has 1 amide bonds. The van der Waals surface area contributed by atoms with E-state index in [4.69, 9.17) is 21.1 Å². The Morgan fingerprint density at radius 3 is 2.67 bits per heavy atom. The van der Waals surface area contributed by atoms with Gasteiger partial charge in [-0.25, -0.2) is 0 Å². The lowest BCUT2D eigenvalue weighted by atomic mass is 10.1. The highest BCUT2D eigenvalue weighted by atomic mass is 35.5. The molecule has 0 heterocycles. The van der Waals surface area contributed by atoms with E-state index < -0.39 is 0 Å². The van der Waals surface area contributed by atoms with Gasteiger partial charge in [-0.15, -0.1) is 0 Å². The number of carbonyl (C=O) groups excluding carboxylic acids is 1. The van der Waals surface area contributed by atoms with Crippen LogP contribution in [-0.2, 0) is 11.2 Å². The Balaban J connectivity index is 2.20. The van der Waals surface area contributed by atoms with Gasteiger partial charge in [0.25, 0.3) is 0 Å². The Bertz CT molecular complexity index is 844. The van der Waals surface area contributed by atoms with Gasteiger partial charge in [-0.1, -0.05) is 36.7 Å². The minimum absolute atomic E-state index is 0.0227. The third-order valence-corrected chi connectivity index (χ3v) is 4.30. The number of amides is 1. The molecule has 5 heteroatoms. The van der Waals surface area contributed by atoms with Crippen LogP contribution in [0.5, 0.6) is 11.5 Å². The molecule has 4 nitrogen and oxygen atoms in total. The van der Waals surface area contributed by atoms with Crippen LogP contribution in [0.4, 0.5) is 5.69 Å². The van der Waals surface area contributed by atoms with Crippen LogP contribution in [0.2, 0.25) is 5.02 Å². The summed E-state index contributed by atoms with van der Waals surface area (Å²) in [6.07, 6.45) is 4.02. The fraction of sp³-hybridized carbons (Fsp3) is 0.318. The second-order valence-electron chi connectivity index (χ2n) is 6.49. The van der Waals surface area contributed by atoms with Crippen molar-refractivity contribution in [3.05, 3.63) is 58.1 Å². The van der Waals surface area contributed by atoms with Crippen molar-refractivity contribution in [3.8, 4) is 11.5 Å². The van der Waals surface area contributed by atoms with E-state index in [1.165, 1.54) is 6.08 Å². The summed E-state index contributed by atoms with van der Waals surface area (Å²) < 4.78 is 11.1. The van der Waals surface area contributed by atoms with Crippen LogP contribution >= 0.6 is 11.6 Å². The van der Waals surface area contributed by atoms with Gasteiger partial charge >= 0.3 is 0 Å². The van der Waals surface area contributed by atoms with E-state index in [2.05, 4.69) is 12.2 Å². The summed E-state index contributed by atoms with van der Waals surface area (Å²) in [5, 5.41) is 3.41. The zero-order chi connectivity index (χ0) is 20.0. The molecule has 27 heavy (non-hydrogen) atoms. The number of benzene rings is 2. The maximum absolute atomic E-state index is 12.4. The fourth-order valence-corrected chi connectivity index (χ4v) is 2.99. The van der Waals surface area contributed by atoms with Crippen LogP contribution in [0.25, 0.3) is 6.08 Å². The number of nitrogens with one attached hydrogen (secondary N) is 1. The molecule has 0 spiro atoms. The van der Waals surface area contributed by atoms with Crippen molar-refractivity contribution in [2.24, 2.45) is 0 Å². The number of rotatable bonds is 7. The monoisotopic (exact) mass is 387 g/mol. The van der Waals surface area contributed by atoms with E-state index in [-0.39, 0.29) is 12.0 Å². The Hall–Kier alpha value is -2.46. The maximum atomic E-state index is 12.4. The Morgan fingerprint density at radius 1 is 1.30 bits per heavy atom. The van der Waals surface area contributed by atoms with E-state index in [1.54, 1.807) is 25.3 Å². The predicted molar refractivity (Wildman–Crippen MR) is 112 cm³/mol. The molecule has 0 aliphatic rings. The van der Waals surface area contributed by atoms with E-state index >= 15 is 0 Å². The van der Waals surface area contributed by atoms with Gasteiger partial charge < -0.3 is 14.8 Å². The molecule has 2 aromatic carbocycles. The molecular weight excluding hydrogens is 362 g/mol. The average Bonchev–Trinajstić information content (AvgIpc) is 2.63. The summed E-state index contributed by atoms with van der Waals surface area (Å²) in [5.41, 5.74) is 3.77. The van der Waals surface area contributed by atoms with Gasteiger partial charge in [0, 0.05) is 11.8 Å². The minimum atomic E-state index is -0.198. The highest BCUT2D eigenvalue weighted by molar-refractivity contribution is 6.32. The molecule has 0 saturated heterocycles. The lowest BCUT2D eigenvalue weighted by Crippen LogP contribution is -2.11. The van der Waals surface area contributed by atoms with Crippen molar-refractivity contribution >= 4 is 29.3 Å². The van der Waals surface area contributed by atoms with Gasteiger partial charge in [0.05, 0.1) is 18.2 Å². The number of methoxy groups -OCH3 is 1. The summed E-state index contributed by atoms with van der Waals surface area (Å²) in [7, 11) is 1.56. The lowest BCUT2D eigenvalue weighted by molar-refractivity contribution is -0.111. The minimum Gasteiger partial charge on any atom is -0.493 e. The number of hydrogen-bond donors (Lipinski definition) is 1. The highest BCUT2D eigenvalue weighted by Crippen LogP contribution is 2.37. The maximum Gasteiger partial charge on any atom is 0.248 e. The first-order chi connectivity index (χ1) is 12.8. The molecule has 1 N–H and O–H groups in total. The van der Waals surface area contributed by atoms with Crippen molar-refractivity contribution in [1.82, 2.24) is 0 Å². The second-order valence-corrected chi connectivity index (χ2v) is 6.89. The van der Waals surface area contributed by atoms with Crippen molar-refractivity contribution in [1.29, 1.82) is 0 Å². The molecule has 0 saturated carbocycles. The number of carbonyl (C=O) groups is 1. The Labute approximate surface area is 166 Å². The molecule has 0 aliphatic carbocycles. The quantitative estimate of drug-likeness (QED) is 0.623. The molecule has 0 unspecified atom stereocenters. The zero-order valence-electron chi connectivity index (χ0n) is 16.4. The number of hydrogen-bond acceptors (Lipinski definition) is 3. The first-order valence-corrected chi connectivity index (χ1v) is 9.35. The lowest BCUT2D eigenvalue weighted by Gasteiger charge is -2.15. The van der Waals surface area contributed by atoms with Crippen molar-refractivity contribution < 1.29 is 14.3 Å². The van der Waals surface area contributed by atoms with Crippen LogP contribution in [0.3, 0.4) is 0 Å². The zero-order valence-corrected chi connectivity index (χ0v) is 17.2. The molecule has 2 rings (SSSR count). The number of aryl methyl sites for hydroxylation is 2. The Kier molecular flexibility index (Phi) is 7.31. The topological polar surface area (TPSA) is 47.6 Å². The highest BCUT2D eigenvalue weighted by Gasteiger charge is 2.13. The van der Waals surface area contributed by atoms with Crippen LogP contribution in [0, 0.1) is 6.92 Å². The van der Waals surface area contributed by atoms with Crippen molar-refractivity contribution in [2.45, 2.75) is 40.2 Å². The first kappa shape index (κ1) is 20.8. The van der Waals surface area contributed by atoms with E-state index in [1.807, 2.05) is 39.0 Å². The third kappa shape index (κ3) is 5.51. The summed E-state index contributed by atoms with van der Waals surface area (Å²) >= 11 is 6.32. The number of anilines is 1. The normalized spacial score (nSPS) is 11.1. The van der Waals surface area contributed by atoms with Gasteiger partial charge in [-0.3, -0.25) is 4.79 Å². The molecule has 0 radical (unpaired) electrons. The van der Waals surface area contributed by atoms with Crippen LogP contribution in [-0.4, -0.2) is 19.1 Å². The third-order valence-electron chi connectivity index (χ3n) is 4.02. The molecule has 144 valence electrons. The number of halogens is 1. The largest absolute Gasteiger partial charge is 0.493 e. The van der Waals surface area contributed by atoms with Crippen molar-refractivity contribution in [3.63, 3.8) is 0 Å². The van der Waals surface area contributed by atoms with Gasteiger partial charge in [-0.2, -0.15) is 0 Å². The van der Waals surface area contributed by atoms with Gasteiger partial charge in [0.1, 0.15) is 0 Å². The van der Waals surface area contributed by atoms with E-state index in [0.717, 1.165) is 28.8 Å².